The Morgan fingerprint density at radius 2 is 1.12 bits per heavy atom. The number of benzene rings is 8. The van der Waals surface area contributed by atoms with E-state index in [2.05, 4.69) is 167 Å². The molecule has 0 bridgehead atoms. The second-order valence-electron chi connectivity index (χ2n) is 15.2. The Hall–Kier alpha value is -7.54. The number of hydrogen-bond acceptors (Lipinski definition) is 4. The smallest absolute Gasteiger partial charge is 0.165 e. The Labute approximate surface area is 334 Å². The number of rotatable bonds is 2. The van der Waals surface area contributed by atoms with Crippen LogP contribution in [0, 0.1) is 0 Å². The number of furan rings is 1. The largest absolute Gasteiger partial charge is 0.455 e. The zero-order valence-corrected chi connectivity index (χ0v) is 31.6. The van der Waals surface area contributed by atoms with Gasteiger partial charge in [0.15, 0.2) is 5.82 Å². The van der Waals surface area contributed by atoms with Crippen molar-refractivity contribution in [3.63, 3.8) is 0 Å². The fourth-order valence-electron chi connectivity index (χ4n) is 9.93. The van der Waals surface area contributed by atoms with E-state index in [0.29, 0.717) is 0 Å². The molecule has 0 atom stereocenters. The summed E-state index contributed by atoms with van der Waals surface area (Å²) in [7, 11) is 0. The highest BCUT2D eigenvalue weighted by molar-refractivity contribution is 7.25. The van der Waals surface area contributed by atoms with Crippen LogP contribution in [0.4, 0.5) is 0 Å². The van der Waals surface area contributed by atoms with Gasteiger partial charge in [-0.1, -0.05) is 127 Å². The summed E-state index contributed by atoms with van der Waals surface area (Å²) in [5, 5.41) is 8.02. The fraction of sp³-hybridized carbons (Fsp3) is 0. The molecule has 0 saturated carbocycles. The molecule has 1 aliphatic rings. The van der Waals surface area contributed by atoms with E-state index in [-0.39, 0.29) is 0 Å². The molecule has 0 N–H and O–H groups in total. The highest BCUT2D eigenvalue weighted by Crippen LogP contribution is 2.52. The lowest BCUT2D eigenvalue weighted by Gasteiger charge is -2.14. The maximum absolute atomic E-state index is 6.72. The molecule has 1 aliphatic heterocycles. The minimum atomic E-state index is 0.774. The molecule has 6 heteroatoms. The van der Waals surface area contributed by atoms with Crippen LogP contribution in [0.2, 0.25) is 0 Å². The van der Waals surface area contributed by atoms with E-state index in [0.717, 1.165) is 75.9 Å². The molecule has 58 heavy (non-hydrogen) atoms. The normalized spacial score (nSPS) is 12.5. The van der Waals surface area contributed by atoms with E-state index >= 15 is 0 Å². The van der Waals surface area contributed by atoms with Crippen LogP contribution < -0.4 is 0 Å². The van der Waals surface area contributed by atoms with Crippen LogP contribution >= 0.6 is 11.3 Å². The van der Waals surface area contributed by atoms with Crippen molar-refractivity contribution in [1.82, 2.24) is 19.1 Å². The monoisotopic (exact) mass is 756 g/mol. The average Bonchev–Trinajstić information content (AvgIpc) is 4.01. The Balaban J connectivity index is 1.22. The molecule has 13 aromatic rings. The number of fused-ring (bicyclic) bond motifs is 18. The van der Waals surface area contributed by atoms with Gasteiger partial charge in [0.25, 0.3) is 0 Å². The van der Waals surface area contributed by atoms with Gasteiger partial charge >= 0.3 is 0 Å². The van der Waals surface area contributed by atoms with Gasteiger partial charge in [-0.2, -0.15) is 0 Å². The molecular weight excluding hydrogens is 729 g/mol. The molecule has 0 fully saturated rings. The molecule has 0 radical (unpaired) electrons. The van der Waals surface area contributed by atoms with Gasteiger partial charge in [-0.05, 0) is 53.6 Å². The quantitative estimate of drug-likeness (QED) is 0.176. The molecule has 5 nitrogen and oxygen atoms in total. The first-order chi connectivity index (χ1) is 28.8. The summed E-state index contributed by atoms with van der Waals surface area (Å²) in [4.78, 5) is 12.2. The molecule has 0 spiro atoms. The van der Waals surface area contributed by atoms with Crippen LogP contribution in [0.15, 0.2) is 174 Å². The molecule has 268 valence electrons. The zero-order valence-electron chi connectivity index (χ0n) is 30.8. The average molecular weight is 757 g/mol. The topological polar surface area (TPSA) is 48.8 Å². The van der Waals surface area contributed by atoms with Crippen LogP contribution in [0.25, 0.3) is 131 Å². The summed E-state index contributed by atoms with van der Waals surface area (Å²) in [6, 6.07) is 61.0. The summed E-state index contributed by atoms with van der Waals surface area (Å²) in [5.41, 5.74) is 14.9. The van der Waals surface area contributed by atoms with E-state index in [1.807, 2.05) is 12.1 Å². The predicted octanol–water partition coefficient (Wildman–Crippen LogP) is 14.3. The van der Waals surface area contributed by atoms with E-state index in [1.54, 1.807) is 11.3 Å². The van der Waals surface area contributed by atoms with Crippen molar-refractivity contribution >= 4 is 97.3 Å². The van der Waals surface area contributed by atoms with E-state index in [9.17, 15) is 0 Å². The summed E-state index contributed by atoms with van der Waals surface area (Å²) in [6.07, 6.45) is 0. The molecular formula is C52H28N4OS. The van der Waals surface area contributed by atoms with Gasteiger partial charge in [0.05, 0.1) is 27.8 Å². The van der Waals surface area contributed by atoms with E-state index in [4.69, 9.17) is 14.4 Å². The van der Waals surface area contributed by atoms with Crippen LogP contribution in [-0.2, 0) is 0 Å². The maximum atomic E-state index is 6.72. The molecule has 6 heterocycles. The Bertz CT molecular complexity index is 3940. The first-order valence-electron chi connectivity index (χ1n) is 19.6. The first-order valence-corrected chi connectivity index (χ1v) is 20.4. The molecule has 5 aromatic heterocycles. The van der Waals surface area contributed by atoms with Crippen LogP contribution in [-0.4, -0.2) is 19.1 Å². The number of thiophene rings is 1. The van der Waals surface area contributed by atoms with Crippen molar-refractivity contribution in [2.75, 3.05) is 0 Å². The van der Waals surface area contributed by atoms with E-state index < -0.39 is 0 Å². The summed E-state index contributed by atoms with van der Waals surface area (Å²) >= 11 is 1.69. The van der Waals surface area contributed by atoms with Gasteiger partial charge in [0.1, 0.15) is 27.2 Å². The van der Waals surface area contributed by atoms with Crippen molar-refractivity contribution in [2.45, 2.75) is 0 Å². The third-order valence-electron chi connectivity index (χ3n) is 12.3. The van der Waals surface area contributed by atoms with Crippen molar-refractivity contribution in [2.24, 2.45) is 0 Å². The number of para-hydroxylation sites is 5. The predicted molar refractivity (Wildman–Crippen MR) is 241 cm³/mol. The van der Waals surface area contributed by atoms with Gasteiger partial charge in [-0.25, -0.2) is 9.97 Å². The fourth-order valence-corrected chi connectivity index (χ4v) is 10.9. The second kappa shape index (κ2) is 11.1. The zero-order chi connectivity index (χ0) is 37.6. The molecule has 0 amide bonds. The SMILES string of the molecule is c1ccc2c(c1)-c1ccccc1-n1c3ccccc3c3cc4c(c-2c31)c1ccccc1n4-c1nc2c(nc1-c1cccc3c1oc1ccccc13)sc1ccccc12. The molecule has 0 saturated heterocycles. The minimum Gasteiger partial charge on any atom is -0.455 e. The molecule has 0 aliphatic carbocycles. The Kier molecular flexibility index (Phi) is 5.85. The third kappa shape index (κ3) is 3.85. The van der Waals surface area contributed by atoms with Crippen molar-refractivity contribution in [3.05, 3.63) is 170 Å². The summed E-state index contributed by atoms with van der Waals surface area (Å²) in [5.74, 6) is 0.774. The van der Waals surface area contributed by atoms with Crippen LogP contribution in [0.1, 0.15) is 0 Å². The van der Waals surface area contributed by atoms with Crippen molar-refractivity contribution < 1.29 is 4.42 Å². The van der Waals surface area contributed by atoms with Gasteiger partial charge < -0.3 is 8.98 Å². The lowest BCUT2D eigenvalue weighted by molar-refractivity contribution is 0.669. The van der Waals surface area contributed by atoms with Crippen molar-refractivity contribution in [1.29, 1.82) is 0 Å². The maximum Gasteiger partial charge on any atom is 0.165 e. The Morgan fingerprint density at radius 3 is 2.00 bits per heavy atom. The second-order valence-corrected chi connectivity index (χ2v) is 16.3. The van der Waals surface area contributed by atoms with Gasteiger partial charge in [0, 0.05) is 59.1 Å². The highest BCUT2D eigenvalue weighted by Gasteiger charge is 2.30. The summed E-state index contributed by atoms with van der Waals surface area (Å²) < 4.78 is 12.8. The first kappa shape index (κ1) is 30.7. The number of hydrogen-bond donors (Lipinski definition) is 0. The summed E-state index contributed by atoms with van der Waals surface area (Å²) in [6.45, 7) is 0. The minimum absolute atomic E-state index is 0.774. The highest BCUT2D eigenvalue weighted by atomic mass is 32.1. The lowest BCUT2D eigenvalue weighted by atomic mass is 9.91. The van der Waals surface area contributed by atoms with Gasteiger partial charge in [-0.15, -0.1) is 11.3 Å². The number of aromatic nitrogens is 4. The van der Waals surface area contributed by atoms with Crippen molar-refractivity contribution in [3.8, 4) is 45.0 Å². The third-order valence-corrected chi connectivity index (χ3v) is 13.3. The van der Waals surface area contributed by atoms with E-state index in [1.165, 1.54) is 55.1 Å². The molecule has 8 aromatic carbocycles. The lowest BCUT2D eigenvalue weighted by Crippen LogP contribution is -2.03. The standard InChI is InChI=1S/C52H28N4OS/c1-2-18-33-29(14-1)30-15-3-8-23-39(30)55-40-24-9-4-16-31(40)38-28-42-45(46(33)49(38)55)35-19-5-10-25-41(35)56(42)51-47(54-52-48(53-51)36-20-7-12-27-44(36)58-52)37-22-13-21-34-32-17-6-11-26-43(32)57-50(34)37/h1-28H. The van der Waals surface area contributed by atoms with Gasteiger partial charge in [-0.3, -0.25) is 4.57 Å². The number of nitrogens with zero attached hydrogens (tertiary/aromatic N) is 4. The van der Waals surface area contributed by atoms with Crippen LogP contribution in [0.5, 0.6) is 0 Å². The van der Waals surface area contributed by atoms with Gasteiger partial charge in [0.2, 0.25) is 0 Å². The Morgan fingerprint density at radius 1 is 0.466 bits per heavy atom. The van der Waals surface area contributed by atoms with Crippen LogP contribution in [0.3, 0.4) is 0 Å². The molecule has 0 unspecified atom stereocenters. The molecule has 14 rings (SSSR count).